The number of hydrazone groups is 1. The molecule has 0 spiro atoms. The minimum Gasteiger partial charge on any atom is -0.494 e. The van der Waals surface area contributed by atoms with Crippen molar-refractivity contribution in [3.05, 3.63) is 66.1 Å². The maximum Gasteiger partial charge on any atom is 0.289 e. The van der Waals surface area contributed by atoms with Gasteiger partial charge in [-0.25, -0.2) is 5.43 Å². The van der Waals surface area contributed by atoms with Gasteiger partial charge in [-0.2, -0.15) is 10.2 Å². The second-order valence-electron chi connectivity index (χ2n) is 5.88. The third kappa shape index (κ3) is 5.24. The zero-order valence-corrected chi connectivity index (χ0v) is 15.1. The van der Waals surface area contributed by atoms with Gasteiger partial charge in [-0.05, 0) is 42.8 Å². The molecule has 0 atom stereocenters. The summed E-state index contributed by atoms with van der Waals surface area (Å²) in [6, 6.07) is 13.0. The summed E-state index contributed by atoms with van der Waals surface area (Å²) in [6.45, 7) is 2.84. The van der Waals surface area contributed by atoms with Crippen molar-refractivity contribution in [3.63, 3.8) is 0 Å². The van der Waals surface area contributed by atoms with E-state index in [1.165, 1.54) is 6.21 Å². The Morgan fingerprint density at radius 2 is 2.15 bits per heavy atom. The number of benzene rings is 1. The highest BCUT2D eigenvalue weighted by molar-refractivity contribution is 5.94. The van der Waals surface area contributed by atoms with Gasteiger partial charge in [0.2, 0.25) is 0 Å². The second kappa shape index (κ2) is 9.28. The third-order valence-electron chi connectivity index (χ3n) is 3.80. The van der Waals surface area contributed by atoms with Crippen LogP contribution in [0.3, 0.4) is 0 Å². The molecule has 0 unspecified atom stereocenters. The molecule has 7 heteroatoms. The lowest BCUT2D eigenvalue weighted by molar-refractivity contribution is 0.0950. The van der Waals surface area contributed by atoms with E-state index in [0.29, 0.717) is 18.0 Å². The van der Waals surface area contributed by atoms with Crippen LogP contribution in [-0.4, -0.2) is 33.9 Å². The van der Waals surface area contributed by atoms with Crippen LogP contribution in [0, 0.1) is 0 Å². The van der Waals surface area contributed by atoms with Crippen LogP contribution in [0.5, 0.6) is 5.75 Å². The lowest BCUT2D eigenvalue weighted by atomic mass is 10.1. The molecule has 2 N–H and O–H groups in total. The summed E-state index contributed by atoms with van der Waals surface area (Å²) in [6.07, 6.45) is 6.98. The van der Waals surface area contributed by atoms with E-state index in [1.807, 2.05) is 30.3 Å². The van der Waals surface area contributed by atoms with Crippen LogP contribution in [0.4, 0.5) is 0 Å². The van der Waals surface area contributed by atoms with E-state index in [4.69, 9.17) is 4.74 Å². The van der Waals surface area contributed by atoms with Crippen molar-refractivity contribution < 1.29 is 9.53 Å². The maximum atomic E-state index is 12.1. The minimum atomic E-state index is -0.367. The number of H-pyrrole nitrogens is 1. The van der Waals surface area contributed by atoms with E-state index in [-0.39, 0.29) is 5.91 Å². The van der Waals surface area contributed by atoms with Gasteiger partial charge in [-0.15, -0.1) is 0 Å². The van der Waals surface area contributed by atoms with Crippen LogP contribution >= 0.6 is 0 Å². The first-order valence-electron chi connectivity index (χ1n) is 8.78. The number of aromatic nitrogens is 3. The van der Waals surface area contributed by atoms with Gasteiger partial charge in [0.1, 0.15) is 11.4 Å². The molecule has 0 saturated heterocycles. The highest BCUT2D eigenvalue weighted by Crippen LogP contribution is 2.21. The van der Waals surface area contributed by atoms with Crippen molar-refractivity contribution in [2.24, 2.45) is 5.10 Å². The van der Waals surface area contributed by atoms with Crippen LogP contribution in [0.15, 0.2) is 60.0 Å². The highest BCUT2D eigenvalue weighted by Gasteiger charge is 2.10. The monoisotopic (exact) mass is 363 g/mol. The highest BCUT2D eigenvalue weighted by atomic mass is 16.5. The standard InChI is InChI=1S/C20H21N5O2/c1-2-3-11-27-17-8-6-16(7-9-17)18-12-19(24-23-18)20(26)25-22-14-15-5-4-10-21-13-15/h4-10,12-14H,2-3,11H2,1H3,(H,23,24)(H,25,26). The molecule has 3 aromatic rings. The number of ether oxygens (including phenoxy) is 1. The molecule has 0 aliphatic carbocycles. The number of nitrogens with zero attached hydrogens (tertiary/aromatic N) is 3. The van der Waals surface area contributed by atoms with Gasteiger partial charge in [-0.1, -0.05) is 19.4 Å². The van der Waals surface area contributed by atoms with Gasteiger partial charge >= 0.3 is 0 Å². The van der Waals surface area contributed by atoms with Gasteiger partial charge in [0.05, 0.1) is 18.5 Å². The third-order valence-corrected chi connectivity index (χ3v) is 3.80. The number of carbonyl (C=O) groups excluding carboxylic acids is 1. The van der Waals surface area contributed by atoms with Gasteiger partial charge in [0.25, 0.3) is 5.91 Å². The summed E-state index contributed by atoms with van der Waals surface area (Å²) >= 11 is 0. The number of pyridine rings is 1. The first-order chi connectivity index (χ1) is 13.3. The Labute approximate surface area is 157 Å². The van der Waals surface area contributed by atoms with E-state index >= 15 is 0 Å². The van der Waals surface area contributed by atoms with Crippen LogP contribution < -0.4 is 10.2 Å². The predicted molar refractivity (Wildman–Crippen MR) is 104 cm³/mol. The molecule has 0 saturated carbocycles. The number of nitrogens with one attached hydrogen (secondary N) is 2. The molecule has 1 aromatic carbocycles. The van der Waals surface area contributed by atoms with Crippen LogP contribution in [0.1, 0.15) is 35.8 Å². The number of aromatic amines is 1. The quantitative estimate of drug-likeness (QED) is 0.364. The molecule has 3 rings (SSSR count). The number of hydrogen-bond acceptors (Lipinski definition) is 5. The second-order valence-corrected chi connectivity index (χ2v) is 5.88. The van der Waals surface area contributed by atoms with Crippen molar-refractivity contribution in [2.45, 2.75) is 19.8 Å². The average Bonchev–Trinajstić information content (AvgIpc) is 3.20. The number of amides is 1. The zero-order valence-electron chi connectivity index (χ0n) is 15.1. The van der Waals surface area contributed by atoms with E-state index in [0.717, 1.165) is 29.7 Å². The molecule has 0 bridgehead atoms. The Bertz CT molecular complexity index is 888. The summed E-state index contributed by atoms with van der Waals surface area (Å²) < 4.78 is 5.65. The smallest absolute Gasteiger partial charge is 0.289 e. The van der Waals surface area contributed by atoms with Gasteiger partial charge in [0, 0.05) is 23.5 Å². The zero-order chi connectivity index (χ0) is 18.9. The van der Waals surface area contributed by atoms with Crippen molar-refractivity contribution >= 4 is 12.1 Å². The normalized spacial score (nSPS) is 10.9. The van der Waals surface area contributed by atoms with Crippen molar-refractivity contribution in [3.8, 4) is 17.0 Å². The van der Waals surface area contributed by atoms with E-state index in [9.17, 15) is 4.79 Å². The Kier molecular flexibility index (Phi) is 6.30. The average molecular weight is 363 g/mol. The molecular formula is C20H21N5O2. The van der Waals surface area contributed by atoms with Crippen molar-refractivity contribution in [1.82, 2.24) is 20.6 Å². The topological polar surface area (TPSA) is 92.3 Å². The van der Waals surface area contributed by atoms with Crippen LogP contribution in [0.2, 0.25) is 0 Å². The molecule has 7 nitrogen and oxygen atoms in total. The van der Waals surface area contributed by atoms with Crippen molar-refractivity contribution in [2.75, 3.05) is 6.61 Å². The summed E-state index contributed by atoms with van der Waals surface area (Å²) in [7, 11) is 0. The lowest BCUT2D eigenvalue weighted by Gasteiger charge is -2.05. The molecule has 0 aliphatic heterocycles. The fourth-order valence-corrected chi connectivity index (χ4v) is 2.32. The van der Waals surface area contributed by atoms with Gasteiger partial charge in [0.15, 0.2) is 0 Å². The Morgan fingerprint density at radius 1 is 1.30 bits per heavy atom. The summed E-state index contributed by atoms with van der Waals surface area (Å²) in [5.74, 6) is 0.457. The van der Waals surface area contributed by atoms with E-state index < -0.39 is 0 Å². The number of rotatable bonds is 8. The minimum absolute atomic E-state index is 0.330. The molecule has 0 radical (unpaired) electrons. The largest absolute Gasteiger partial charge is 0.494 e. The first-order valence-corrected chi connectivity index (χ1v) is 8.78. The predicted octanol–water partition coefficient (Wildman–Crippen LogP) is 3.41. The Balaban J connectivity index is 1.58. The molecule has 2 heterocycles. The molecule has 1 amide bonds. The molecule has 0 aliphatic rings. The summed E-state index contributed by atoms with van der Waals surface area (Å²) in [5.41, 5.74) is 5.16. The van der Waals surface area contributed by atoms with E-state index in [2.05, 4.69) is 32.6 Å². The lowest BCUT2D eigenvalue weighted by Crippen LogP contribution is -2.18. The van der Waals surface area contributed by atoms with Gasteiger partial charge < -0.3 is 4.74 Å². The van der Waals surface area contributed by atoms with Crippen LogP contribution in [0.25, 0.3) is 11.3 Å². The molecular weight excluding hydrogens is 342 g/mol. The summed E-state index contributed by atoms with van der Waals surface area (Å²) in [4.78, 5) is 16.1. The summed E-state index contributed by atoms with van der Waals surface area (Å²) in [5, 5.41) is 10.8. The molecule has 2 aromatic heterocycles. The van der Waals surface area contributed by atoms with Crippen LogP contribution in [-0.2, 0) is 0 Å². The first kappa shape index (κ1) is 18.3. The fraction of sp³-hybridized carbons (Fsp3) is 0.200. The molecule has 138 valence electrons. The Hall–Kier alpha value is -3.48. The fourth-order valence-electron chi connectivity index (χ4n) is 2.32. The number of hydrogen-bond donors (Lipinski definition) is 2. The molecule has 0 fully saturated rings. The number of carbonyl (C=O) groups is 1. The Morgan fingerprint density at radius 3 is 2.89 bits per heavy atom. The van der Waals surface area contributed by atoms with Gasteiger partial charge in [-0.3, -0.25) is 14.9 Å². The number of unbranched alkanes of at least 4 members (excludes halogenated alkanes) is 1. The van der Waals surface area contributed by atoms with E-state index in [1.54, 1.807) is 24.5 Å². The van der Waals surface area contributed by atoms with Crippen molar-refractivity contribution in [1.29, 1.82) is 0 Å². The SMILES string of the molecule is CCCCOc1ccc(-c2cc(C(=O)NN=Cc3cccnc3)[nH]n2)cc1. The molecule has 27 heavy (non-hydrogen) atoms. The maximum absolute atomic E-state index is 12.1.